The Labute approximate surface area is 110 Å². The predicted octanol–water partition coefficient (Wildman–Crippen LogP) is 3.62. The molecule has 98 valence electrons. The Bertz CT molecular complexity index is 612. The van der Waals surface area contributed by atoms with E-state index >= 15 is 0 Å². The fourth-order valence-corrected chi connectivity index (χ4v) is 1.75. The molecule has 0 aliphatic rings. The van der Waals surface area contributed by atoms with Crippen molar-refractivity contribution in [1.29, 1.82) is 0 Å². The molecular formula is C14H14N2O3. The van der Waals surface area contributed by atoms with Crippen LogP contribution in [0.4, 0.5) is 5.69 Å². The van der Waals surface area contributed by atoms with E-state index in [2.05, 4.69) is 12.1 Å². The van der Waals surface area contributed by atoms with Gasteiger partial charge in [0, 0.05) is 0 Å². The van der Waals surface area contributed by atoms with Gasteiger partial charge in [-0.2, -0.15) is 0 Å². The molecule has 0 radical (unpaired) electrons. The maximum atomic E-state index is 10.9. The summed E-state index contributed by atoms with van der Waals surface area (Å²) in [5.41, 5.74) is 2.41. The molecule has 0 bridgehead atoms. The van der Waals surface area contributed by atoms with Crippen molar-refractivity contribution in [2.45, 2.75) is 20.3 Å². The minimum absolute atomic E-state index is 0.0820. The Kier molecular flexibility index (Phi) is 3.75. The van der Waals surface area contributed by atoms with Gasteiger partial charge in [0.2, 0.25) is 5.76 Å². The molecule has 0 aliphatic heterocycles. The zero-order valence-electron chi connectivity index (χ0n) is 10.8. The van der Waals surface area contributed by atoms with Crippen molar-refractivity contribution >= 4 is 17.8 Å². The number of nitrogens with zero attached hydrogens (tertiary/aromatic N) is 2. The molecule has 0 fully saturated rings. The summed E-state index contributed by atoms with van der Waals surface area (Å²) < 4.78 is 4.94. The fourth-order valence-electron chi connectivity index (χ4n) is 1.75. The molecule has 0 atom stereocenters. The van der Waals surface area contributed by atoms with E-state index in [4.69, 9.17) is 4.52 Å². The number of benzene rings is 1. The number of nitro groups is 1. The molecule has 1 aromatic heterocycles. The van der Waals surface area contributed by atoms with E-state index in [0.717, 1.165) is 12.0 Å². The first-order valence-corrected chi connectivity index (χ1v) is 5.99. The second kappa shape index (κ2) is 5.48. The molecule has 0 aliphatic carbocycles. The van der Waals surface area contributed by atoms with E-state index in [1.54, 1.807) is 19.1 Å². The van der Waals surface area contributed by atoms with Gasteiger partial charge in [-0.15, -0.1) is 0 Å². The van der Waals surface area contributed by atoms with E-state index < -0.39 is 4.92 Å². The predicted molar refractivity (Wildman–Crippen MR) is 72.6 cm³/mol. The van der Waals surface area contributed by atoms with E-state index in [1.165, 1.54) is 5.56 Å². The first kappa shape index (κ1) is 13.0. The highest BCUT2D eigenvalue weighted by molar-refractivity contribution is 5.71. The SMILES string of the molecule is CCc1ccc(C=Cc2onc(C)c2[N+](=O)[O-])cc1. The molecule has 0 amide bonds. The third kappa shape index (κ3) is 2.88. The van der Waals surface area contributed by atoms with Crippen molar-refractivity contribution in [2.75, 3.05) is 0 Å². The summed E-state index contributed by atoms with van der Waals surface area (Å²) in [6.45, 7) is 3.64. The van der Waals surface area contributed by atoms with Gasteiger partial charge in [0.1, 0.15) is 0 Å². The average molecular weight is 258 g/mol. The molecule has 0 spiro atoms. The lowest BCUT2D eigenvalue weighted by Crippen LogP contribution is -1.90. The molecule has 0 unspecified atom stereocenters. The Morgan fingerprint density at radius 1 is 1.32 bits per heavy atom. The van der Waals surface area contributed by atoms with E-state index in [-0.39, 0.29) is 17.1 Å². The molecule has 5 heteroatoms. The summed E-state index contributed by atoms with van der Waals surface area (Å²) in [5, 5.41) is 14.5. The van der Waals surface area contributed by atoms with Crippen LogP contribution < -0.4 is 0 Å². The van der Waals surface area contributed by atoms with Crippen LogP contribution in [0.5, 0.6) is 0 Å². The van der Waals surface area contributed by atoms with Crippen molar-refractivity contribution in [2.24, 2.45) is 0 Å². The molecule has 2 aromatic rings. The van der Waals surface area contributed by atoms with Gasteiger partial charge in [-0.1, -0.05) is 42.4 Å². The molecule has 0 saturated carbocycles. The van der Waals surface area contributed by atoms with Gasteiger partial charge in [-0.25, -0.2) is 0 Å². The number of rotatable bonds is 4. The lowest BCUT2D eigenvalue weighted by atomic mass is 10.1. The molecule has 0 N–H and O–H groups in total. The second-order valence-corrected chi connectivity index (χ2v) is 4.17. The van der Waals surface area contributed by atoms with Gasteiger partial charge in [-0.05, 0) is 30.5 Å². The number of aromatic nitrogens is 1. The second-order valence-electron chi connectivity index (χ2n) is 4.17. The number of hydrogen-bond donors (Lipinski definition) is 0. The minimum atomic E-state index is -0.480. The minimum Gasteiger partial charge on any atom is -0.349 e. The van der Waals surface area contributed by atoms with Crippen LogP contribution in [0.15, 0.2) is 28.8 Å². The van der Waals surface area contributed by atoms with Crippen LogP contribution in [0.2, 0.25) is 0 Å². The quantitative estimate of drug-likeness (QED) is 0.620. The Hall–Kier alpha value is -2.43. The zero-order chi connectivity index (χ0) is 13.8. The first-order valence-electron chi connectivity index (χ1n) is 5.99. The summed E-state index contributed by atoms with van der Waals surface area (Å²) in [6.07, 6.45) is 4.32. The van der Waals surface area contributed by atoms with Crippen molar-refractivity contribution in [1.82, 2.24) is 5.16 Å². The van der Waals surface area contributed by atoms with Gasteiger partial charge in [0.15, 0.2) is 5.69 Å². The van der Waals surface area contributed by atoms with Gasteiger partial charge >= 0.3 is 5.69 Å². The third-order valence-corrected chi connectivity index (χ3v) is 2.85. The normalized spacial score (nSPS) is 11.1. The molecule has 19 heavy (non-hydrogen) atoms. The van der Waals surface area contributed by atoms with Crippen molar-refractivity contribution in [3.8, 4) is 0 Å². The van der Waals surface area contributed by atoms with Crippen LogP contribution in [0.3, 0.4) is 0 Å². The van der Waals surface area contributed by atoms with Crippen LogP contribution >= 0.6 is 0 Å². The van der Waals surface area contributed by atoms with E-state index in [9.17, 15) is 10.1 Å². The molecule has 0 saturated heterocycles. The lowest BCUT2D eigenvalue weighted by Gasteiger charge is -1.96. The maximum absolute atomic E-state index is 10.9. The van der Waals surface area contributed by atoms with Crippen molar-refractivity contribution < 1.29 is 9.45 Å². The summed E-state index contributed by atoms with van der Waals surface area (Å²) in [4.78, 5) is 10.4. The average Bonchev–Trinajstić information content (AvgIpc) is 2.78. The standard InChI is InChI=1S/C14H14N2O3/c1-3-11-4-6-12(7-5-11)8-9-13-14(16(17)18)10(2)15-19-13/h4-9H,3H2,1-2H3. The van der Waals surface area contributed by atoms with Gasteiger partial charge in [0.05, 0.1) is 4.92 Å². The third-order valence-electron chi connectivity index (χ3n) is 2.85. The smallest absolute Gasteiger partial charge is 0.338 e. The molecule has 1 heterocycles. The van der Waals surface area contributed by atoms with Crippen LogP contribution in [0.25, 0.3) is 12.2 Å². The van der Waals surface area contributed by atoms with E-state index in [1.807, 2.05) is 24.3 Å². The first-order chi connectivity index (χ1) is 9.11. The highest BCUT2D eigenvalue weighted by atomic mass is 16.6. The summed E-state index contributed by atoms with van der Waals surface area (Å²) in [6, 6.07) is 7.98. The highest BCUT2D eigenvalue weighted by Crippen LogP contribution is 2.24. The molecule has 2 rings (SSSR count). The lowest BCUT2D eigenvalue weighted by molar-refractivity contribution is -0.386. The summed E-state index contributed by atoms with van der Waals surface area (Å²) in [5.74, 6) is 0.169. The maximum Gasteiger partial charge on any atom is 0.338 e. The highest BCUT2D eigenvalue weighted by Gasteiger charge is 2.21. The van der Waals surface area contributed by atoms with E-state index in [0.29, 0.717) is 0 Å². The summed E-state index contributed by atoms with van der Waals surface area (Å²) in [7, 11) is 0. The van der Waals surface area contributed by atoms with Crippen LogP contribution in [-0.4, -0.2) is 10.1 Å². The topological polar surface area (TPSA) is 69.2 Å². The Balaban J connectivity index is 2.24. The largest absolute Gasteiger partial charge is 0.349 e. The van der Waals surface area contributed by atoms with Crippen LogP contribution in [-0.2, 0) is 6.42 Å². The van der Waals surface area contributed by atoms with Crippen molar-refractivity contribution in [3.05, 3.63) is 57.0 Å². The fraction of sp³-hybridized carbons (Fsp3) is 0.214. The van der Waals surface area contributed by atoms with Gasteiger partial charge in [0.25, 0.3) is 0 Å². The number of hydrogen-bond acceptors (Lipinski definition) is 4. The van der Waals surface area contributed by atoms with Crippen LogP contribution in [0.1, 0.15) is 29.5 Å². The van der Waals surface area contributed by atoms with Gasteiger partial charge < -0.3 is 4.52 Å². The van der Waals surface area contributed by atoms with Crippen molar-refractivity contribution in [3.63, 3.8) is 0 Å². The van der Waals surface area contributed by atoms with Gasteiger partial charge in [-0.3, -0.25) is 10.1 Å². The zero-order valence-corrected chi connectivity index (χ0v) is 10.8. The monoisotopic (exact) mass is 258 g/mol. The molecular weight excluding hydrogens is 244 g/mol. The molecule has 5 nitrogen and oxygen atoms in total. The molecule has 1 aromatic carbocycles. The van der Waals surface area contributed by atoms with Crippen LogP contribution in [0, 0.1) is 17.0 Å². The Morgan fingerprint density at radius 2 is 2.00 bits per heavy atom. The summed E-state index contributed by atoms with van der Waals surface area (Å²) >= 11 is 0. The number of aryl methyl sites for hydroxylation is 2. The Morgan fingerprint density at radius 3 is 2.58 bits per heavy atom.